The van der Waals surface area contributed by atoms with E-state index in [0.717, 1.165) is 31.2 Å². The lowest BCUT2D eigenvalue weighted by Gasteiger charge is -2.27. The normalized spacial score (nSPS) is 23.8. The van der Waals surface area contributed by atoms with Crippen LogP contribution >= 0.6 is 11.6 Å². The first-order valence-electron chi connectivity index (χ1n) is 15.8. The van der Waals surface area contributed by atoms with Gasteiger partial charge in [0.2, 0.25) is 0 Å². The third-order valence-corrected chi connectivity index (χ3v) is 10.4. The van der Waals surface area contributed by atoms with Gasteiger partial charge in [0.05, 0.1) is 23.1 Å². The SMILES string of the molecule is O=C(O)NC[C@]1(c2ccccc2F)[C@@H]2CCN(c3cnc4c(-c5cccc(-c6cnccn6)c5Cl)nn(C5CCCCO5)c4n3)C[C@@H]21. The Morgan fingerprint density at radius 1 is 1.06 bits per heavy atom. The van der Waals surface area contributed by atoms with Gasteiger partial charge in [-0.15, -0.1) is 0 Å². The van der Waals surface area contributed by atoms with Gasteiger partial charge in [0.15, 0.2) is 11.9 Å². The third-order valence-electron chi connectivity index (χ3n) is 9.97. The molecule has 5 heterocycles. The molecule has 0 bridgehead atoms. The van der Waals surface area contributed by atoms with E-state index in [9.17, 15) is 9.90 Å². The van der Waals surface area contributed by atoms with Gasteiger partial charge in [0, 0.05) is 55.2 Å². The molecule has 3 fully saturated rings. The third kappa shape index (κ3) is 5.06. The fraction of sp³-hybridized carbons (Fsp3) is 0.353. The molecule has 13 heteroatoms. The van der Waals surface area contributed by atoms with E-state index in [1.807, 2.05) is 28.9 Å². The van der Waals surface area contributed by atoms with Crippen molar-refractivity contribution in [1.82, 2.24) is 35.0 Å². The lowest BCUT2D eigenvalue weighted by Crippen LogP contribution is -2.35. The van der Waals surface area contributed by atoms with E-state index in [1.54, 1.807) is 36.9 Å². The molecule has 2 aromatic carbocycles. The maximum Gasteiger partial charge on any atom is 0.404 e. The number of ether oxygens (including phenoxy) is 1. The molecule has 1 saturated carbocycles. The maximum absolute atomic E-state index is 15.1. The number of hydrogen-bond acceptors (Lipinski definition) is 8. The van der Waals surface area contributed by atoms with Crippen LogP contribution in [0, 0.1) is 17.7 Å². The monoisotopic (exact) mass is 654 g/mol. The molecule has 1 amide bonds. The van der Waals surface area contributed by atoms with Gasteiger partial charge in [0.1, 0.15) is 22.8 Å². The van der Waals surface area contributed by atoms with Crippen molar-refractivity contribution >= 4 is 34.7 Å². The number of halogens is 2. The topological polar surface area (TPSA) is 131 Å². The van der Waals surface area contributed by atoms with Gasteiger partial charge in [-0.3, -0.25) is 9.97 Å². The van der Waals surface area contributed by atoms with Crippen molar-refractivity contribution in [1.29, 1.82) is 0 Å². The zero-order chi connectivity index (χ0) is 32.1. The van der Waals surface area contributed by atoms with E-state index in [-0.39, 0.29) is 30.4 Å². The van der Waals surface area contributed by atoms with Gasteiger partial charge in [-0.2, -0.15) is 5.10 Å². The number of fused-ring (bicyclic) bond motifs is 2. The molecule has 2 N–H and O–H groups in total. The number of nitrogens with zero attached hydrogens (tertiary/aromatic N) is 7. The molecule has 3 aliphatic rings. The molecule has 47 heavy (non-hydrogen) atoms. The average Bonchev–Trinajstić information content (AvgIpc) is 3.59. The van der Waals surface area contributed by atoms with Crippen molar-refractivity contribution < 1.29 is 19.0 Å². The highest BCUT2D eigenvalue weighted by Crippen LogP contribution is 2.63. The van der Waals surface area contributed by atoms with E-state index in [4.69, 9.17) is 31.4 Å². The standard InChI is InChI=1S/C34H32ClFN8O3/c35-29-20(26-16-37-12-13-38-26)6-5-7-21(29)30-31-32(44(42-30)28-10-3-4-15-47-28)41-27(17-39-31)43-14-11-22-24(18-43)34(22,19-40-33(45)46)23-8-1-2-9-25(23)36/h1-2,5-9,12-13,16-17,22,24,28,40H,3-4,10-11,14-15,18-19H2,(H,45,46)/t22-,24+,28?,34-/m1/s1. The minimum absolute atomic E-state index is 0.0438. The summed E-state index contributed by atoms with van der Waals surface area (Å²) < 4.78 is 23.1. The number of aromatic nitrogens is 6. The molecule has 2 saturated heterocycles. The van der Waals surface area contributed by atoms with Crippen LogP contribution in [0.5, 0.6) is 0 Å². The van der Waals surface area contributed by atoms with Gasteiger partial charge < -0.3 is 20.1 Å². The fourth-order valence-electron chi connectivity index (χ4n) is 7.70. The molecular formula is C34H32ClFN8O3. The van der Waals surface area contributed by atoms with Crippen LogP contribution in [0.1, 0.15) is 37.5 Å². The summed E-state index contributed by atoms with van der Waals surface area (Å²) in [6.07, 6.45) is 8.82. The number of piperidine rings is 1. The van der Waals surface area contributed by atoms with Crippen molar-refractivity contribution in [2.24, 2.45) is 11.8 Å². The van der Waals surface area contributed by atoms with Gasteiger partial charge in [-0.05, 0) is 49.1 Å². The highest BCUT2D eigenvalue weighted by Gasteiger charge is 2.67. The quantitative estimate of drug-likeness (QED) is 0.214. The average molecular weight is 655 g/mol. The zero-order valence-electron chi connectivity index (χ0n) is 25.4. The highest BCUT2D eigenvalue weighted by molar-refractivity contribution is 6.36. The van der Waals surface area contributed by atoms with E-state index < -0.39 is 11.5 Å². The van der Waals surface area contributed by atoms with E-state index in [0.29, 0.717) is 64.2 Å². The van der Waals surface area contributed by atoms with Crippen LogP contribution in [-0.2, 0) is 10.2 Å². The molecule has 2 aliphatic heterocycles. The van der Waals surface area contributed by atoms with Crippen LogP contribution in [-0.4, -0.2) is 67.2 Å². The summed E-state index contributed by atoms with van der Waals surface area (Å²) in [5, 5.41) is 17.5. The summed E-state index contributed by atoms with van der Waals surface area (Å²) >= 11 is 7.01. The van der Waals surface area contributed by atoms with Gasteiger partial charge >= 0.3 is 6.09 Å². The van der Waals surface area contributed by atoms with E-state index in [2.05, 4.69) is 20.2 Å². The van der Waals surface area contributed by atoms with E-state index >= 15 is 4.39 Å². The van der Waals surface area contributed by atoms with Crippen LogP contribution < -0.4 is 10.2 Å². The van der Waals surface area contributed by atoms with Crippen molar-refractivity contribution in [2.45, 2.75) is 37.3 Å². The molecule has 0 radical (unpaired) electrons. The Balaban J connectivity index is 1.17. The number of nitrogens with one attached hydrogen (secondary N) is 1. The first kappa shape index (κ1) is 29.7. The summed E-state index contributed by atoms with van der Waals surface area (Å²) in [6.45, 7) is 2.06. The first-order chi connectivity index (χ1) is 23.0. The molecule has 0 spiro atoms. The lowest BCUT2D eigenvalue weighted by atomic mass is 9.90. The smallest absolute Gasteiger partial charge is 0.404 e. The molecule has 240 valence electrons. The Labute approximate surface area is 274 Å². The molecule has 1 aliphatic carbocycles. The van der Waals surface area contributed by atoms with Crippen LogP contribution in [0.25, 0.3) is 33.7 Å². The molecule has 5 aromatic rings. The maximum atomic E-state index is 15.1. The van der Waals surface area contributed by atoms with Gasteiger partial charge in [-0.25, -0.2) is 23.8 Å². The number of hydrogen-bond donors (Lipinski definition) is 2. The molecule has 4 atom stereocenters. The first-order valence-corrected chi connectivity index (χ1v) is 16.2. The minimum atomic E-state index is -1.12. The molecular weight excluding hydrogens is 623 g/mol. The number of carboxylic acid groups (broad SMARTS) is 1. The van der Waals surface area contributed by atoms with Crippen LogP contribution in [0.2, 0.25) is 5.02 Å². The summed E-state index contributed by atoms with van der Waals surface area (Å²) in [5.41, 5.74) is 3.84. The Morgan fingerprint density at radius 2 is 1.94 bits per heavy atom. The molecule has 11 nitrogen and oxygen atoms in total. The summed E-state index contributed by atoms with van der Waals surface area (Å²) in [6, 6.07) is 12.4. The summed E-state index contributed by atoms with van der Waals surface area (Å²) in [4.78, 5) is 32.4. The second kappa shape index (κ2) is 11.8. The second-order valence-electron chi connectivity index (χ2n) is 12.4. The van der Waals surface area contributed by atoms with Crippen molar-refractivity contribution in [3.05, 3.63) is 83.7 Å². The number of rotatable bonds is 7. The van der Waals surface area contributed by atoms with E-state index in [1.165, 1.54) is 6.07 Å². The Kier molecular flexibility index (Phi) is 7.48. The largest absolute Gasteiger partial charge is 0.465 e. The van der Waals surface area contributed by atoms with Gasteiger partial charge in [0.25, 0.3) is 0 Å². The second-order valence-corrected chi connectivity index (χ2v) is 12.8. The predicted molar refractivity (Wildman–Crippen MR) is 174 cm³/mol. The lowest BCUT2D eigenvalue weighted by molar-refractivity contribution is -0.0368. The Hall–Kier alpha value is -4.68. The number of amides is 1. The number of benzene rings is 2. The van der Waals surface area contributed by atoms with Crippen molar-refractivity contribution in [3.63, 3.8) is 0 Å². The van der Waals surface area contributed by atoms with Crippen molar-refractivity contribution in [2.75, 3.05) is 31.1 Å². The zero-order valence-corrected chi connectivity index (χ0v) is 26.1. The molecule has 3 aromatic heterocycles. The van der Waals surface area contributed by atoms with Crippen LogP contribution in [0.15, 0.2) is 67.3 Å². The molecule has 8 rings (SSSR count). The number of anilines is 1. The number of carbonyl (C=O) groups is 1. The Morgan fingerprint density at radius 3 is 2.72 bits per heavy atom. The highest BCUT2D eigenvalue weighted by atomic mass is 35.5. The van der Waals surface area contributed by atoms with Crippen molar-refractivity contribution in [3.8, 4) is 22.5 Å². The molecule has 1 unspecified atom stereocenters. The predicted octanol–water partition coefficient (Wildman–Crippen LogP) is 6.10. The summed E-state index contributed by atoms with van der Waals surface area (Å²) in [5.74, 6) is 0.560. The van der Waals surface area contributed by atoms with Crippen LogP contribution in [0.3, 0.4) is 0 Å². The summed E-state index contributed by atoms with van der Waals surface area (Å²) in [7, 11) is 0. The minimum Gasteiger partial charge on any atom is -0.465 e. The van der Waals surface area contributed by atoms with Gasteiger partial charge in [-0.1, -0.05) is 48.0 Å². The van der Waals surface area contributed by atoms with Crippen LogP contribution in [0.4, 0.5) is 15.0 Å². The fourth-order valence-corrected chi connectivity index (χ4v) is 8.02. The Bertz CT molecular complexity index is 1970.